The number of ketones is 1. The largest absolute Gasteiger partial charge is 0.480 e. The minimum absolute atomic E-state index is 0.0387. The molecule has 2 atom stereocenters. The fraction of sp³-hybridized carbons (Fsp3) is 0.250. The number of rotatable bonds is 11. The number of carboxylic acid groups (broad SMARTS) is 1. The standard InChI is InChI=1S/C36H35N5O4S/c1-22(35(44)45)41-34(43)26(17-29(42)30-14-15-31(46-30)36(2,3)4)16-23-10-12-25(13-11-23)32-39-20-28(21-40-32)33-37-18-27(19-38-33)24-8-6-5-7-9-24/h5-15,18-22,26H,16-17H2,1-4H3,(H,41,43)(H,44,45)/t22-,26-/m1/s1. The van der Waals surface area contributed by atoms with Gasteiger partial charge in [0.25, 0.3) is 0 Å². The Morgan fingerprint density at radius 1 is 0.761 bits per heavy atom. The lowest BCUT2D eigenvalue weighted by molar-refractivity contribution is -0.141. The van der Waals surface area contributed by atoms with Crippen LogP contribution >= 0.6 is 11.3 Å². The fourth-order valence-electron chi connectivity index (χ4n) is 4.79. The second-order valence-electron chi connectivity index (χ2n) is 12.2. The molecule has 5 aromatic rings. The summed E-state index contributed by atoms with van der Waals surface area (Å²) in [4.78, 5) is 57.5. The molecule has 46 heavy (non-hydrogen) atoms. The molecule has 0 fully saturated rings. The van der Waals surface area contributed by atoms with Crippen LogP contribution in [0.3, 0.4) is 0 Å². The van der Waals surface area contributed by atoms with E-state index in [0.29, 0.717) is 22.1 Å². The van der Waals surface area contributed by atoms with E-state index in [0.717, 1.165) is 27.1 Å². The van der Waals surface area contributed by atoms with Gasteiger partial charge >= 0.3 is 5.97 Å². The summed E-state index contributed by atoms with van der Waals surface area (Å²) in [6.07, 6.45) is 7.13. The van der Waals surface area contributed by atoms with Crippen molar-refractivity contribution in [2.24, 2.45) is 5.92 Å². The Morgan fingerprint density at radius 2 is 1.35 bits per heavy atom. The van der Waals surface area contributed by atoms with Crippen molar-refractivity contribution in [3.05, 3.63) is 107 Å². The number of aliphatic carboxylic acids is 1. The maximum Gasteiger partial charge on any atom is 0.325 e. The Labute approximate surface area is 271 Å². The van der Waals surface area contributed by atoms with Crippen molar-refractivity contribution in [1.29, 1.82) is 0 Å². The molecule has 0 saturated heterocycles. The topological polar surface area (TPSA) is 135 Å². The van der Waals surface area contributed by atoms with Gasteiger partial charge < -0.3 is 10.4 Å². The second-order valence-corrected chi connectivity index (χ2v) is 13.2. The van der Waals surface area contributed by atoms with Crippen molar-refractivity contribution >= 4 is 29.0 Å². The molecule has 5 rings (SSSR count). The third-order valence-corrected chi connectivity index (χ3v) is 9.07. The molecule has 3 aromatic heterocycles. The first kappa shape index (κ1) is 32.3. The van der Waals surface area contributed by atoms with Gasteiger partial charge in [0, 0.05) is 53.1 Å². The zero-order valence-corrected chi connectivity index (χ0v) is 26.9. The molecule has 234 valence electrons. The van der Waals surface area contributed by atoms with Gasteiger partial charge in [-0.3, -0.25) is 14.4 Å². The van der Waals surface area contributed by atoms with E-state index in [2.05, 4.69) is 46.0 Å². The molecule has 0 aliphatic heterocycles. The van der Waals surface area contributed by atoms with E-state index in [-0.39, 0.29) is 24.0 Å². The lowest BCUT2D eigenvalue weighted by atomic mass is 9.92. The van der Waals surface area contributed by atoms with Crippen LogP contribution in [0.4, 0.5) is 0 Å². The summed E-state index contributed by atoms with van der Waals surface area (Å²) in [7, 11) is 0. The van der Waals surface area contributed by atoms with Crippen LogP contribution in [0.1, 0.15) is 54.2 Å². The van der Waals surface area contributed by atoms with Crippen LogP contribution in [-0.2, 0) is 21.4 Å². The highest BCUT2D eigenvalue weighted by molar-refractivity contribution is 7.14. The Hall–Kier alpha value is -5.09. The predicted molar refractivity (Wildman–Crippen MR) is 178 cm³/mol. The molecule has 0 aliphatic carbocycles. The average Bonchev–Trinajstić information content (AvgIpc) is 3.57. The number of amides is 1. The van der Waals surface area contributed by atoms with E-state index in [9.17, 15) is 19.5 Å². The number of Topliss-reactive ketones (excluding diaryl/α,β-unsaturated/α-hetero) is 1. The molecule has 0 saturated carbocycles. The van der Waals surface area contributed by atoms with Crippen LogP contribution in [0.15, 0.2) is 91.5 Å². The Kier molecular flexibility index (Phi) is 9.77. The highest BCUT2D eigenvalue weighted by Crippen LogP contribution is 2.31. The van der Waals surface area contributed by atoms with Crippen LogP contribution in [0, 0.1) is 5.92 Å². The van der Waals surface area contributed by atoms with Crippen LogP contribution < -0.4 is 5.32 Å². The summed E-state index contributed by atoms with van der Waals surface area (Å²) in [5, 5.41) is 11.9. The number of carboxylic acids is 1. The third-order valence-electron chi connectivity index (χ3n) is 7.52. The minimum atomic E-state index is -1.14. The van der Waals surface area contributed by atoms with Gasteiger partial charge in [0.2, 0.25) is 5.91 Å². The molecular weight excluding hydrogens is 598 g/mol. The van der Waals surface area contributed by atoms with E-state index >= 15 is 0 Å². The Morgan fingerprint density at radius 3 is 1.91 bits per heavy atom. The first-order chi connectivity index (χ1) is 22.0. The normalized spacial score (nSPS) is 12.7. The van der Waals surface area contributed by atoms with Crippen LogP contribution in [0.25, 0.3) is 33.9 Å². The number of benzene rings is 2. The second kappa shape index (κ2) is 13.9. The molecule has 10 heteroatoms. The number of carbonyl (C=O) groups is 3. The van der Waals surface area contributed by atoms with Crippen molar-refractivity contribution in [1.82, 2.24) is 25.3 Å². The molecule has 0 unspecified atom stereocenters. The zero-order valence-electron chi connectivity index (χ0n) is 26.1. The highest BCUT2D eigenvalue weighted by atomic mass is 32.1. The van der Waals surface area contributed by atoms with Crippen LogP contribution in [0.5, 0.6) is 0 Å². The molecular formula is C36H35N5O4S. The molecule has 0 radical (unpaired) electrons. The number of hydrogen-bond acceptors (Lipinski definition) is 8. The SMILES string of the molecule is C[C@@H](NC(=O)[C@@H](CC(=O)c1ccc(C(C)(C)C)s1)Cc1ccc(-c2ncc(-c3ncc(-c4ccccc4)cn3)cn2)cc1)C(=O)O. The number of thiophene rings is 1. The van der Waals surface area contributed by atoms with Crippen molar-refractivity contribution in [3.8, 4) is 33.9 Å². The Bertz CT molecular complexity index is 1810. The van der Waals surface area contributed by atoms with E-state index in [1.54, 1.807) is 30.9 Å². The summed E-state index contributed by atoms with van der Waals surface area (Å²) in [6, 6.07) is 20.0. The van der Waals surface area contributed by atoms with Gasteiger partial charge in [0.05, 0.1) is 10.4 Å². The number of nitrogens with one attached hydrogen (secondary N) is 1. The summed E-state index contributed by atoms with van der Waals surface area (Å²) in [5.41, 5.74) is 4.16. The summed E-state index contributed by atoms with van der Waals surface area (Å²) < 4.78 is 0. The summed E-state index contributed by atoms with van der Waals surface area (Å²) in [6.45, 7) is 7.65. The monoisotopic (exact) mass is 633 g/mol. The Balaban J connectivity index is 1.28. The summed E-state index contributed by atoms with van der Waals surface area (Å²) >= 11 is 1.43. The number of carbonyl (C=O) groups excluding carboxylic acids is 2. The van der Waals surface area contributed by atoms with Gasteiger partial charge in [0.1, 0.15) is 6.04 Å². The summed E-state index contributed by atoms with van der Waals surface area (Å²) in [5.74, 6) is -1.47. The first-order valence-electron chi connectivity index (χ1n) is 14.9. The van der Waals surface area contributed by atoms with E-state index in [1.807, 2.05) is 60.7 Å². The molecule has 3 heterocycles. The maximum absolute atomic E-state index is 13.2. The molecule has 2 N–H and O–H groups in total. The number of aromatic nitrogens is 4. The average molecular weight is 634 g/mol. The minimum Gasteiger partial charge on any atom is -0.480 e. The van der Waals surface area contributed by atoms with E-state index in [4.69, 9.17) is 0 Å². The molecule has 9 nitrogen and oxygen atoms in total. The van der Waals surface area contributed by atoms with Crippen LogP contribution in [0.2, 0.25) is 0 Å². The predicted octanol–water partition coefficient (Wildman–Crippen LogP) is 6.65. The highest BCUT2D eigenvalue weighted by Gasteiger charge is 2.27. The van der Waals surface area contributed by atoms with Gasteiger partial charge in [-0.1, -0.05) is 75.4 Å². The van der Waals surface area contributed by atoms with E-state index in [1.165, 1.54) is 18.3 Å². The lowest BCUT2D eigenvalue weighted by Crippen LogP contribution is -2.42. The molecule has 2 aromatic carbocycles. The van der Waals surface area contributed by atoms with Gasteiger partial charge in [-0.2, -0.15) is 0 Å². The molecule has 1 amide bonds. The number of nitrogens with zero attached hydrogens (tertiary/aromatic N) is 4. The van der Waals surface area contributed by atoms with Gasteiger partial charge in [-0.25, -0.2) is 19.9 Å². The molecule has 0 aliphatic rings. The quantitative estimate of drug-likeness (QED) is 0.154. The van der Waals surface area contributed by atoms with Gasteiger partial charge in [-0.15, -0.1) is 11.3 Å². The van der Waals surface area contributed by atoms with Crippen molar-refractivity contribution < 1.29 is 19.5 Å². The first-order valence-corrected chi connectivity index (χ1v) is 15.8. The lowest BCUT2D eigenvalue weighted by Gasteiger charge is -2.18. The number of hydrogen-bond donors (Lipinski definition) is 2. The fourth-order valence-corrected chi connectivity index (χ4v) is 5.80. The van der Waals surface area contributed by atoms with E-state index < -0.39 is 23.8 Å². The maximum atomic E-state index is 13.2. The van der Waals surface area contributed by atoms with Gasteiger partial charge in [-0.05, 0) is 42.0 Å². The molecule has 0 bridgehead atoms. The van der Waals surface area contributed by atoms with Crippen LogP contribution in [-0.4, -0.2) is 48.7 Å². The van der Waals surface area contributed by atoms with Crippen molar-refractivity contribution in [3.63, 3.8) is 0 Å². The zero-order chi connectivity index (χ0) is 32.8. The smallest absolute Gasteiger partial charge is 0.325 e. The third kappa shape index (κ3) is 7.94. The molecule has 0 spiro atoms. The van der Waals surface area contributed by atoms with Crippen molar-refractivity contribution in [2.75, 3.05) is 0 Å². The van der Waals surface area contributed by atoms with Gasteiger partial charge in [0.15, 0.2) is 17.4 Å². The van der Waals surface area contributed by atoms with Crippen molar-refractivity contribution in [2.45, 2.75) is 52.0 Å².